The second kappa shape index (κ2) is 9.66. The fraction of sp³-hybridized carbons (Fsp3) is 0.650. The maximum absolute atomic E-state index is 12.5. The first-order valence-electron chi connectivity index (χ1n) is 8.44. The van der Waals surface area contributed by atoms with Crippen molar-refractivity contribution in [2.45, 2.75) is 80.8 Å². The number of rotatable bonds is 5. The minimum atomic E-state index is 0. The van der Waals surface area contributed by atoms with Crippen molar-refractivity contribution in [2.75, 3.05) is 0 Å². The van der Waals surface area contributed by atoms with Gasteiger partial charge >= 0.3 is 0 Å². The van der Waals surface area contributed by atoms with Gasteiger partial charge in [-0.05, 0) is 49.3 Å². The molecule has 2 heteroatoms. The Kier molecular flexibility index (Phi) is 9.08. The van der Waals surface area contributed by atoms with Crippen molar-refractivity contribution in [1.29, 1.82) is 0 Å². The van der Waals surface area contributed by atoms with Crippen molar-refractivity contribution >= 4 is 5.91 Å². The lowest BCUT2D eigenvalue weighted by Gasteiger charge is -2.27. The van der Waals surface area contributed by atoms with Crippen LogP contribution < -0.4 is 0 Å². The summed E-state index contributed by atoms with van der Waals surface area (Å²) in [5, 5.41) is 0. The summed E-state index contributed by atoms with van der Waals surface area (Å²) in [6, 6.07) is 6.46. The van der Waals surface area contributed by atoms with Crippen LogP contribution in [-0.4, -0.2) is 16.8 Å². The normalized spacial score (nSPS) is 14.1. The Hall–Kier alpha value is -1.31. The highest BCUT2D eigenvalue weighted by atomic mass is 16.2. The molecule has 126 valence electrons. The second-order valence-electron chi connectivity index (χ2n) is 6.07. The van der Waals surface area contributed by atoms with Gasteiger partial charge in [-0.3, -0.25) is 4.79 Å². The van der Waals surface area contributed by atoms with Crippen molar-refractivity contribution in [2.24, 2.45) is 5.92 Å². The average molecular weight is 306 g/mol. The molecule has 0 saturated carbocycles. The molecule has 2 nitrogen and oxygen atoms in total. The van der Waals surface area contributed by atoms with E-state index in [0.29, 0.717) is 12.0 Å². The summed E-state index contributed by atoms with van der Waals surface area (Å²) in [4.78, 5) is 14.6. The van der Waals surface area contributed by atoms with Crippen LogP contribution in [0.1, 0.15) is 82.8 Å². The van der Waals surface area contributed by atoms with Crippen LogP contribution >= 0.6 is 0 Å². The largest absolute Gasteiger partial charge is 0.331 e. The molecule has 22 heavy (non-hydrogen) atoms. The molecule has 1 heterocycles. The van der Waals surface area contributed by atoms with Gasteiger partial charge in [0.15, 0.2) is 0 Å². The first-order valence-corrected chi connectivity index (χ1v) is 8.44. The maximum atomic E-state index is 12.5. The first kappa shape index (κ1) is 20.7. The van der Waals surface area contributed by atoms with E-state index in [9.17, 15) is 4.79 Å². The Morgan fingerprint density at radius 1 is 1.18 bits per heavy atom. The van der Waals surface area contributed by atoms with Gasteiger partial charge < -0.3 is 4.90 Å². The molecule has 0 aromatic heterocycles. The van der Waals surface area contributed by atoms with Gasteiger partial charge in [-0.2, -0.15) is 0 Å². The highest BCUT2D eigenvalue weighted by Crippen LogP contribution is 2.29. The van der Waals surface area contributed by atoms with E-state index in [0.717, 1.165) is 24.9 Å². The Bertz CT molecular complexity index is 465. The van der Waals surface area contributed by atoms with Crippen LogP contribution in [0, 0.1) is 12.8 Å². The number of hydrogen-bond acceptors (Lipinski definition) is 1. The lowest BCUT2D eigenvalue weighted by atomic mass is 10.0. The van der Waals surface area contributed by atoms with Crippen molar-refractivity contribution < 1.29 is 4.79 Å². The van der Waals surface area contributed by atoms with Crippen LogP contribution in [-0.2, 0) is 6.54 Å². The number of benzene rings is 1. The third kappa shape index (κ3) is 4.59. The van der Waals surface area contributed by atoms with Gasteiger partial charge in [-0.15, -0.1) is 0 Å². The lowest BCUT2D eigenvalue weighted by Crippen LogP contribution is -2.35. The molecule has 1 aliphatic rings. The van der Waals surface area contributed by atoms with Gasteiger partial charge in [0.25, 0.3) is 5.91 Å². The molecule has 1 aromatic rings. The highest BCUT2D eigenvalue weighted by molar-refractivity contribution is 5.98. The van der Waals surface area contributed by atoms with Crippen molar-refractivity contribution in [3.05, 3.63) is 34.9 Å². The molecule has 0 N–H and O–H groups in total. The zero-order valence-corrected chi connectivity index (χ0v) is 14.6. The number of aryl methyl sites for hydroxylation is 1. The van der Waals surface area contributed by atoms with Crippen LogP contribution in [0.3, 0.4) is 0 Å². The smallest absolute Gasteiger partial charge is 0.254 e. The fourth-order valence-electron chi connectivity index (χ4n) is 2.91. The zero-order chi connectivity index (χ0) is 16.0. The summed E-state index contributed by atoms with van der Waals surface area (Å²) in [5.74, 6) is 0.935. The third-order valence-electron chi connectivity index (χ3n) is 4.22. The molecule has 0 spiro atoms. The summed E-state index contributed by atoms with van der Waals surface area (Å²) >= 11 is 0. The van der Waals surface area contributed by atoms with E-state index in [1.54, 1.807) is 0 Å². The predicted molar refractivity (Wildman–Crippen MR) is 97.3 cm³/mol. The first-order chi connectivity index (χ1) is 10.0. The van der Waals surface area contributed by atoms with E-state index >= 15 is 0 Å². The number of carbonyl (C=O) groups excluding carboxylic acids is 1. The van der Waals surface area contributed by atoms with E-state index in [4.69, 9.17) is 0 Å². The van der Waals surface area contributed by atoms with Gasteiger partial charge in [0.2, 0.25) is 0 Å². The van der Waals surface area contributed by atoms with Gasteiger partial charge in [-0.1, -0.05) is 54.2 Å². The number of hydrogen-bond donors (Lipinski definition) is 0. The molecule has 1 amide bonds. The molecule has 1 aromatic carbocycles. The molecule has 0 radical (unpaired) electrons. The molecular weight excluding hydrogens is 270 g/mol. The minimum Gasteiger partial charge on any atom is -0.331 e. The zero-order valence-electron chi connectivity index (χ0n) is 14.6. The fourth-order valence-corrected chi connectivity index (χ4v) is 2.91. The molecule has 0 saturated heterocycles. The van der Waals surface area contributed by atoms with Crippen molar-refractivity contribution in [1.82, 2.24) is 4.90 Å². The molecule has 0 bridgehead atoms. The molecule has 2 rings (SSSR count). The summed E-state index contributed by atoms with van der Waals surface area (Å²) in [6.07, 6.45) is 3.36. The maximum Gasteiger partial charge on any atom is 0.254 e. The summed E-state index contributed by atoms with van der Waals surface area (Å²) in [6.45, 7) is 13.6. The molecule has 1 aliphatic heterocycles. The number of carbonyl (C=O) groups is 1. The highest BCUT2D eigenvalue weighted by Gasteiger charge is 2.32. The average Bonchev–Trinajstić information content (AvgIpc) is 2.81. The van der Waals surface area contributed by atoms with Crippen LogP contribution in [0.4, 0.5) is 0 Å². The van der Waals surface area contributed by atoms with E-state index in [-0.39, 0.29) is 13.3 Å². The van der Waals surface area contributed by atoms with E-state index in [1.165, 1.54) is 17.5 Å². The van der Waals surface area contributed by atoms with Gasteiger partial charge in [-0.25, -0.2) is 0 Å². The second-order valence-corrected chi connectivity index (χ2v) is 6.07. The topological polar surface area (TPSA) is 20.3 Å². The molecule has 0 aliphatic carbocycles. The molecular formula is C20H35NO. The third-order valence-corrected chi connectivity index (χ3v) is 4.22. The lowest BCUT2D eigenvalue weighted by molar-refractivity contribution is 0.0682. The van der Waals surface area contributed by atoms with Gasteiger partial charge in [0.1, 0.15) is 0 Å². The van der Waals surface area contributed by atoms with E-state index in [2.05, 4.69) is 38.7 Å². The Labute approximate surface area is 137 Å². The molecule has 0 fully saturated rings. The summed E-state index contributed by atoms with van der Waals surface area (Å²) in [5.41, 5.74) is 3.39. The number of fused-ring (bicyclic) bond motifs is 1. The number of amides is 1. The van der Waals surface area contributed by atoms with E-state index < -0.39 is 0 Å². The Balaban J connectivity index is 0.00000141. The predicted octanol–water partition coefficient (Wildman–Crippen LogP) is 5.83. The van der Waals surface area contributed by atoms with Gasteiger partial charge in [0, 0.05) is 18.2 Å². The quantitative estimate of drug-likeness (QED) is 0.670. The summed E-state index contributed by atoms with van der Waals surface area (Å²) in [7, 11) is 0. The standard InChI is InChI=1S/C17H25NO.C2H6.CH4/c1-5-14(10-9-12(2)3)18-11-16-13(4)7-6-8-15(16)17(18)19;1-2;/h6-8,12,14H,5,9-11H2,1-4H3;1-2H3;1H4. The Morgan fingerprint density at radius 2 is 1.82 bits per heavy atom. The van der Waals surface area contributed by atoms with Crippen molar-refractivity contribution in [3.63, 3.8) is 0 Å². The van der Waals surface area contributed by atoms with Crippen LogP contribution in [0.5, 0.6) is 0 Å². The monoisotopic (exact) mass is 305 g/mol. The van der Waals surface area contributed by atoms with Crippen LogP contribution in [0.15, 0.2) is 18.2 Å². The summed E-state index contributed by atoms with van der Waals surface area (Å²) < 4.78 is 0. The number of nitrogens with zero attached hydrogens (tertiary/aromatic N) is 1. The molecule has 1 unspecified atom stereocenters. The van der Waals surface area contributed by atoms with Crippen LogP contribution in [0.2, 0.25) is 0 Å². The van der Waals surface area contributed by atoms with E-state index in [1.807, 2.05) is 26.0 Å². The molecule has 1 atom stereocenters. The SMILES string of the molecule is C.CC.CCC(CCC(C)C)N1Cc2c(C)cccc2C1=O. The Morgan fingerprint density at radius 3 is 2.32 bits per heavy atom. The minimum absolute atomic E-state index is 0. The van der Waals surface area contributed by atoms with Crippen molar-refractivity contribution in [3.8, 4) is 0 Å². The van der Waals surface area contributed by atoms with Gasteiger partial charge in [0.05, 0.1) is 0 Å². The van der Waals surface area contributed by atoms with Crippen LogP contribution in [0.25, 0.3) is 0 Å².